The molecule has 2 aliphatic rings. The van der Waals surface area contributed by atoms with Crippen molar-refractivity contribution in [1.29, 1.82) is 0 Å². The van der Waals surface area contributed by atoms with Crippen LogP contribution in [0.3, 0.4) is 0 Å². The standard InChI is InChI=1S/C25H29F3N2O3S/c1-18(20-10-11-20)30(17-19-6-3-2-4-7-19)24(31)21-12-14-29(15-13-21)34(32,33)23-9-5-8-22(16-23)25(26,27)28/h2-9,16,18,20-21H,10-15,17H2,1H3. The van der Waals surface area contributed by atoms with Crippen LogP contribution in [0, 0.1) is 11.8 Å². The maximum atomic E-state index is 13.5. The van der Waals surface area contributed by atoms with Crippen molar-refractivity contribution in [1.82, 2.24) is 9.21 Å². The van der Waals surface area contributed by atoms with Crippen LogP contribution >= 0.6 is 0 Å². The Morgan fingerprint density at radius 3 is 2.26 bits per heavy atom. The van der Waals surface area contributed by atoms with Gasteiger partial charge in [0.05, 0.1) is 10.5 Å². The van der Waals surface area contributed by atoms with Gasteiger partial charge in [-0.2, -0.15) is 17.5 Å². The average Bonchev–Trinajstić information content (AvgIpc) is 3.68. The van der Waals surface area contributed by atoms with Crippen LogP contribution in [0.1, 0.15) is 43.7 Å². The van der Waals surface area contributed by atoms with Gasteiger partial charge in [0, 0.05) is 31.6 Å². The van der Waals surface area contributed by atoms with E-state index in [1.54, 1.807) is 0 Å². The monoisotopic (exact) mass is 494 g/mol. The average molecular weight is 495 g/mol. The Morgan fingerprint density at radius 1 is 1.03 bits per heavy atom. The molecule has 34 heavy (non-hydrogen) atoms. The number of amides is 1. The maximum Gasteiger partial charge on any atom is 0.416 e. The topological polar surface area (TPSA) is 57.7 Å². The maximum absolute atomic E-state index is 13.5. The van der Waals surface area contributed by atoms with Crippen molar-refractivity contribution < 1.29 is 26.4 Å². The Morgan fingerprint density at radius 2 is 1.68 bits per heavy atom. The molecule has 1 saturated heterocycles. The third-order valence-corrected chi connectivity index (χ3v) is 8.77. The van der Waals surface area contributed by atoms with Crippen molar-refractivity contribution >= 4 is 15.9 Å². The minimum Gasteiger partial charge on any atom is -0.335 e. The van der Waals surface area contributed by atoms with Gasteiger partial charge in [0.25, 0.3) is 0 Å². The molecule has 1 aliphatic carbocycles. The van der Waals surface area contributed by atoms with E-state index in [0.29, 0.717) is 31.4 Å². The van der Waals surface area contributed by atoms with Gasteiger partial charge in [-0.1, -0.05) is 36.4 Å². The van der Waals surface area contributed by atoms with Crippen LogP contribution in [-0.4, -0.2) is 42.7 Å². The highest BCUT2D eigenvalue weighted by molar-refractivity contribution is 7.89. The lowest BCUT2D eigenvalue weighted by molar-refractivity contribution is -0.140. The fourth-order valence-electron chi connectivity index (χ4n) is 4.60. The highest BCUT2D eigenvalue weighted by Gasteiger charge is 2.39. The van der Waals surface area contributed by atoms with E-state index >= 15 is 0 Å². The van der Waals surface area contributed by atoms with E-state index in [2.05, 4.69) is 6.92 Å². The molecule has 2 aromatic rings. The van der Waals surface area contributed by atoms with Gasteiger partial charge in [-0.3, -0.25) is 4.79 Å². The molecule has 1 aliphatic heterocycles. The molecule has 1 saturated carbocycles. The second-order valence-electron chi connectivity index (χ2n) is 9.23. The molecule has 2 aromatic carbocycles. The van der Waals surface area contributed by atoms with Gasteiger partial charge in [0.1, 0.15) is 0 Å². The summed E-state index contributed by atoms with van der Waals surface area (Å²) in [6.45, 7) is 2.80. The van der Waals surface area contributed by atoms with Crippen molar-refractivity contribution in [3.05, 3.63) is 65.7 Å². The molecular weight excluding hydrogens is 465 g/mol. The first-order valence-corrected chi connectivity index (χ1v) is 13.0. The van der Waals surface area contributed by atoms with E-state index in [1.807, 2.05) is 35.2 Å². The van der Waals surface area contributed by atoms with Crippen LogP contribution in [0.5, 0.6) is 0 Å². The molecule has 4 rings (SSSR count). The smallest absolute Gasteiger partial charge is 0.335 e. The van der Waals surface area contributed by atoms with E-state index in [-0.39, 0.29) is 35.9 Å². The van der Waals surface area contributed by atoms with E-state index < -0.39 is 21.8 Å². The number of carbonyl (C=O) groups excluding carboxylic acids is 1. The summed E-state index contributed by atoms with van der Waals surface area (Å²) in [5.41, 5.74) is 0.0529. The number of piperidine rings is 1. The number of sulfonamides is 1. The van der Waals surface area contributed by atoms with Crippen LogP contribution in [0.15, 0.2) is 59.5 Å². The Hall–Kier alpha value is -2.39. The van der Waals surface area contributed by atoms with Crippen LogP contribution in [0.25, 0.3) is 0 Å². The molecule has 9 heteroatoms. The number of hydrogen-bond acceptors (Lipinski definition) is 3. The van der Waals surface area contributed by atoms with Gasteiger partial charge in [-0.05, 0) is 62.3 Å². The minimum atomic E-state index is -4.62. The lowest BCUT2D eigenvalue weighted by Crippen LogP contribution is -2.47. The molecule has 0 N–H and O–H groups in total. The second kappa shape index (κ2) is 9.70. The SMILES string of the molecule is CC(C1CC1)N(Cc1ccccc1)C(=O)C1CCN(S(=O)(=O)c2cccc(C(F)(F)F)c2)CC1. The molecule has 1 heterocycles. The van der Waals surface area contributed by atoms with Crippen LogP contribution in [-0.2, 0) is 27.5 Å². The summed E-state index contributed by atoms with van der Waals surface area (Å²) in [6, 6.07) is 13.7. The zero-order valence-corrected chi connectivity index (χ0v) is 19.9. The summed E-state index contributed by atoms with van der Waals surface area (Å²) in [5.74, 6) is 0.214. The predicted molar refractivity (Wildman–Crippen MR) is 122 cm³/mol. The number of benzene rings is 2. The summed E-state index contributed by atoms with van der Waals surface area (Å²) in [4.78, 5) is 15.0. The molecule has 2 fully saturated rings. The second-order valence-corrected chi connectivity index (χ2v) is 11.2. The Kier molecular flexibility index (Phi) is 7.05. The quantitative estimate of drug-likeness (QED) is 0.548. The minimum absolute atomic E-state index is 0.0272. The van der Waals surface area contributed by atoms with Crippen LogP contribution in [0.2, 0.25) is 0 Å². The highest BCUT2D eigenvalue weighted by atomic mass is 32.2. The molecule has 1 amide bonds. The van der Waals surface area contributed by atoms with Gasteiger partial charge in [0.2, 0.25) is 15.9 Å². The Bertz CT molecular complexity index is 1110. The lowest BCUT2D eigenvalue weighted by atomic mass is 9.95. The normalized spacial score (nSPS) is 19.1. The Balaban J connectivity index is 1.45. The molecule has 0 bridgehead atoms. The fourth-order valence-corrected chi connectivity index (χ4v) is 6.11. The van der Waals surface area contributed by atoms with Crippen LogP contribution < -0.4 is 0 Å². The number of halogens is 3. The largest absolute Gasteiger partial charge is 0.416 e. The van der Waals surface area contributed by atoms with Crippen molar-refractivity contribution in [2.24, 2.45) is 11.8 Å². The molecule has 0 radical (unpaired) electrons. The Labute approximate surface area is 198 Å². The van der Waals surface area contributed by atoms with Gasteiger partial charge in [-0.15, -0.1) is 0 Å². The van der Waals surface area contributed by atoms with E-state index in [0.717, 1.165) is 30.5 Å². The highest BCUT2D eigenvalue weighted by Crippen LogP contribution is 2.37. The number of carbonyl (C=O) groups is 1. The van der Waals surface area contributed by atoms with Gasteiger partial charge in [-0.25, -0.2) is 8.42 Å². The molecule has 1 unspecified atom stereocenters. The molecule has 0 spiro atoms. The number of nitrogens with zero attached hydrogens (tertiary/aromatic N) is 2. The summed E-state index contributed by atoms with van der Waals surface area (Å²) in [5, 5.41) is 0. The molecule has 5 nitrogen and oxygen atoms in total. The van der Waals surface area contributed by atoms with E-state index in [4.69, 9.17) is 0 Å². The number of alkyl halides is 3. The summed E-state index contributed by atoms with van der Waals surface area (Å²) in [6.07, 6.45) is -1.72. The zero-order valence-electron chi connectivity index (χ0n) is 19.0. The lowest BCUT2D eigenvalue weighted by Gasteiger charge is -2.36. The fraction of sp³-hybridized carbons (Fsp3) is 0.480. The molecule has 1 atom stereocenters. The van der Waals surface area contributed by atoms with Gasteiger partial charge >= 0.3 is 6.18 Å². The predicted octanol–water partition coefficient (Wildman–Crippen LogP) is 4.93. The van der Waals surface area contributed by atoms with E-state index in [9.17, 15) is 26.4 Å². The first kappa shape index (κ1) is 24.7. The number of rotatable bonds is 7. The van der Waals surface area contributed by atoms with Gasteiger partial charge < -0.3 is 4.90 Å². The van der Waals surface area contributed by atoms with E-state index in [1.165, 1.54) is 10.4 Å². The molecule has 184 valence electrons. The zero-order chi connectivity index (χ0) is 24.5. The molecule has 0 aromatic heterocycles. The third kappa shape index (κ3) is 5.46. The number of hydrogen-bond donors (Lipinski definition) is 0. The molecular formula is C25H29F3N2O3S. The summed E-state index contributed by atoms with van der Waals surface area (Å²) >= 11 is 0. The van der Waals surface area contributed by atoms with Crippen molar-refractivity contribution in [3.8, 4) is 0 Å². The van der Waals surface area contributed by atoms with Crippen molar-refractivity contribution in [3.63, 3.8) is 0 Å². The van der Waals surface area contributed by atoms with Crippen LogP contribution in [0.4, 0.5) is 13.2 Å². The van der Waals surface area contributed by atoms with Gasteiger partial charge in [0.15, 0.2) is 0 Å². The first-order valence-electron chi connectivity index (χ1n) is 11.6. The van der Waals surface area contributed by atoms with Crippen molar-refractivity contribution in [2.75, 3.05) is 13.1 Å². The summed E-state index contributed by atoms with van der Waals surface area (Å²) in [7, 11) is -4.07. The first-order chi connectivity index (χ1) is 16.1. The summed E-state index contributed by atoms with van der Waals surface area (Å²) < 4.78 is 66.3. The third-order valence-electron chi connectivity index (χ3n) is 6.88. The van der Waals surface area contributed by atoms with Crippen molar-refractivity contribution in [2.45, 2.75) is 56.3 Å².